The molecule has 0 aliphatic carbocycles. The number of phenolic OH excluding ortho intramolecular Hbond substituents is 1. The zero-order chi connectivity index (χ0) is 20.3. The molecule has 2 aromatic carbocycles. The zero-order valence-corrected chi connectivity index (χ0v) is 15.9. The molecule has 1 heterocycles. The Morgan fingerprint density at radius 1 is 1.14 bits per heavy atom. The molecule has 7 heteroatoms. The molecule has 0 atom stereocenters. The van der Waals surface area contributed by atoms with Crippen LogP contribution >= 0.6 is 0 Å². The minimum absolute atomic E-state index is 0.0781. The quantitative estimate of drug-likeness (QED) is 0.499. The van der Waals surface area contributed by atoms with Crippen LogP contribution in [0.4, 0.5) is 0 Å². The number of hydrogen-bond acceptors (Lipinski definition) is 7. The molecular weight excluding hydrogens is 362 g/mol. The van der Waals surface area contributed by atoms with E-state index >= 15 is 0 Å². The summed E-state index contributed by atoms with van der Waals surface area (Å²) in [6.07, 6.45) is 0. The number of methoxy groups -OCH3 is 2. The number of nitrogens with one attached hydrogen (secondary N) is 1. The second kappa shape index (κ2) is 8.14. The number of carbonyl (C=O) groups is 1. The molecule has 0 fully saturated rings. The lowest BCUT2D eigenvalue weighted by molar-refractivity contribution is 0.0597. The Balaban J connectivity index is 1.82. The topological polar surface area (TPSA) is 98.0 Å². The van der Waals surface area contributed by atoms with E-state index in [9.17, 15) is 14.7 Å². The predicted octanol–water partition coefficient (Wildman–Crippen LogP) is 2.89. The Bertz CT molecular complexity index is 1090. The van der Waals surface area contributed by atoms with E-state index in [1.165, 1.54) is 20.3 Å². The molecule has 0 saturated heterocycles. The van der Waals surface area contributed by atoms with Gasteiger partial charge in [0, 0.05) is 30.1 Å². The highest BCUT2D eigenvalue weighted by atomic mass is 16.5. The Kier molecular flexibility index (Phi) is 5.65. The van der Waals surface area contributed by atoms with Gasteiger partial charge < -0.3 is 24.3 Å². The van der Waals surface area contributed by atoms with Crippen molar-refractivity contribution in [3.8, 4) is 11.5 Å². The lowest BCUT2D eigenvalue weighted by Gasteiger charge is -2.11. The number of ether oxygens (including phenoxy) is 2. The van der Waals surface area contributed by atoms with E-state index in [4.69, 9.17) is 13.9 Å². The van der Waals surface area contributed by atoms with Gasteiger partial charge in [-0.05, 0) is 42.3 Å². The second-order valence-electron chi connectivity index (χ2n) is 6.31. The van der Waals surface area contributed by atoms with Gasteiger partial charge in [-0.25, -0.2) is 9.59 Å². The van der Waals surface area contributed by atoms with Gasteiger partial charge in [-0.3, -0.25) is 0 Å². The Morgan fingerprint density at radius 3 is 2.64 bits per heavy atom. The van der Waals surface area contributed by atoms with Crippen molar-refractivity contribution in [3.05, 3.63) is 69.1 Å². The van der Waals surface area contributed by atoms with Gasteiger partial charge in [0.15, 0.2) is 0 Å². The van der Waals surface area contributed by atoms with Gasteiger partial charge >= 0.3 is 11.6 Å². The highest BCUT2D eigenvalue weighted by Crippen LogP contribution is 2.27. The zero-order valence-electron chi connectivity index (χ0n) is 15.9. The van der Waals surface area contributed by atoms with Crippen molar-refractivity contribution in [2.24, 2.45) is 0 Å². The number of rotatable bonds is 6. The van der Waals surface area contributed by atoms with E-state index in [0.717, 1.165) is 16.5 Å². The van der Waals surface area contributed by atoms with Gasteiger partial charge in [0.2, 0.25) is 0 Å². The molecule has 1 aromatic heterocycles. The van der Waals surface area contributed by atoms with Crippen molar-refractivity contribution in [2.45, 2.75) is 20.0 Å². The molecule has 3 aromatic rings. The molecule has 0 aliphatic rings. The minimum atomic E-state index is -0.476. The first-order chi connectivity index (χ1) is 13.4. The molecule has 3 rings (SSSR count). The first kappa shape index (κ1) is 19.4. The minimum Gasteiger partial charge on any atom is -0.508 e. The van der Waals surface area contributed by atoms with Gasteiger partial charge in [-0.1, -0.05) is 6.07 Å². The number of fused-ring (bicyclic) bond motifs is 1. The number of esters is 1. The van der Waals surface area contributed by atoms with Crippen LogP contribution in [0.2, 0.25) is 0 Å². The molecule has 0 spiro atoms. The van der Waals surface area contributed by atoms with Gasteiger partial charge in [-0.15, -0.1) is 0 Å². The molecule has 146 valence electrons. The standard InChI is InChI=1S/C21H21NO6/c1-12-17(23)6-5-15-14(9-19(24)28-20(12)15)11-22-10-13-4-7-18(26-2)16(8-13)21(25)27-3/h4-9,22-23H,10-11H2,1-3H3. The Morgan fingerprint density at radius 2 is 1.93 bits per heavy atom. The van der Waals surface area contributed by atoms with Crippen LogP contribution in [-0.2, 0) is 17.8 Å². The highest BCUT2D eigenvalue weighted by Gasteiger charge is 2.14. The number of hydrogen-bond donors (Lipinski definition) is 2. The fourth-order valence-electron chi connectivity index (χ4n) is 3.04. The summed E-state index contributed by atoms with van der Waals surface area (Å²) in [6.45, 7) is 2.57. The summed E-state index contributed by atoms with van der Waals surface area (Å²) in [5.41, 5.74) is 2.39. The maximum absolute atomic E-state index is 11.9. The van der Waals surface area contributed by atoms with Crippen LogP contribution in [0.15, 0.2) is 45.6 Å². The summed E-state index contributed by atoms with van der Waals surface area (Å²) in [5, 5.41) is 13.8. The molecule has 0 radical (unpaired) electrons. The summed E-state index contributed by atoms with van der Waals surface area (Å²) in [7, 11) is 2.81. The molecule has 0 amide bonds. The van der Waals surface area contributed by atoms with Crippen LogP contribution in [0.3, 0.4) is 0 Å². The molecule has 7 nitrogen and oxygen atoms in total. The first-order valence-electron chi connectivity index (χ1n) is 8.66. The van der Waals surface area contributed by atoms with Crippen LogP contribution in [-0.4, -0.2) is 25.3 Å². The van der Waals surface area contributed by atoms with E-state index in [0.29, 0.717) is 35.5 Å². The number of carbonyl (C=O) groups excluding carboxylic acids is 1. The predicted molar refractivity (Wildman–Crippen MR) is 104 cm³/mol. The van der Waals surface area contributed by atoms with E-state index in [1.54, 1.807) is 31.2 Å². The third-order valence-electron chi connectivity index (χ3n) is 4.53. The van der Waals surface area contributed by atoms with Crippen molar-refractivity contribution in [2.75, 3.05) is 14.2 Å². The molecule has 0 saturated carbocycles. The lowest BCUT2D eigenvalue weighted by atomic mass is 10.1. The normalized spacial score (nSPS) is 10.8. The van der Waals surface area contributed by atoms with Crippen LogP contribution in [0, 0.1) is 6.92 Å². The smallest absolute Gasteiger partial charge is 0.341 e. The summed E-state index contributed by atoms with van der Waals surface area (Å²) < 4.78 is 15.2. The van der Waals surface area contributed by atoms with Crippen LogP contribution in [0.1, 0.15) is 27.0 Å². The van der Waals surface area contributed by atoms with Crippen LogP contribution in [0.25, 0.3) is 11.0 Å². The summed E-state index contributed by atoms with van der Waals surface area (Å²) in [4.78, 5) is 23.8. The Hall–Kier alpha value is -3.32. The summed E-state index contributed by atoms with van der Waals surface area (Å²) in [6, 6.07) is 9.99. The van der Waals surface area contributed by atoms with Crippen molar-refractivity contribution in [3.63, 3.8) is 0 Å². The van der Waals surface area contributed by atoms with Gasteiger partial charge in [0.1, 0.15) is 22.6 Å². The van der Waals surface area contributed by atoms with Crippen LogP contribution in [0.5, 0.6) is 11.5 Å². The maximum atomic E-state index is 11.9. The van der Waals surface area contributed by atoms with Crippen molar-refractivity contribution in [1.29, 1.82) is 0 Å². The van der Waals surface area contributed by atoms with E-state index in [-0.39, 0.29) is 5.75 Å². The summed E-state index contributed by atoms with van der Waals surface area (Å²) >= 11 is 0. The molecule has 0 bridgehead atoms. The van der Waals surface area contributed by atoms with Crippen molar-refractivity contribution < 1.29 is 23.8 Å². The van der Waals surface area contributed by atoms with E-state index in [2.05, 4.69) is 5.32 Å². The monoisotopic (exact) mass is 383 g/mol. The number of aryl methyl sites for hydroxylation is 1. The number of benzene rings is 2. The largest absolute Gasteiger partial charge is 0.508 e. The number of phenols is 1. The fourth-order valence-corrected chi connectivity index (χ4v) is 3.04. The van der Waals surface area contributed by atoms with Crippen molar-refractivity contribution in [1.82, 2.24) is 5.32 Å². The second-order valence-corrected chi connectivity index (χ2v) is 6.31. The van der Waals surface area contributed by atoms with Crippen molar-refractivity contribution >= 4 is 16.9 Å². The average molecular weight is 383 g/mol. The highest BCUT2D eigenvalue weighted by molar-refractivity contribution is 5.92. The molecule has 0 unspecified atom stereocenters. The average Bonchev–Trinajstić information content (AvgIpc) is 2.70. The SMILES string of the molecule is COC(=O)c1cc(CNCc2cc(=O)oc3c(C)c(O)ccc23)ccc1OC. The first-order valence-corrected chi connectivity index (χ1v) is 8.66. The number of aromatic hydroxyl groups is 1. The van der Waals surface area contributed by atoms with Crippen LogP contribution < -0.4 is 15.7 Å². The van der Waals surface area contributed by atoms with Gasteiger partial charge in [-0.2, -0.15) is 0 Å². The molecule has 28 heavy (non-hydrogen) atoms. The Labute approximate surface area is 161 Å². The van der Waals surface area contributed by atoms with E-state index in [1.807, 2.05) is 6.07 Å². The molecular formula is C21H21NO6. The third kappa shape index (κ3) is 3.84. The van der Waals surface area contributed by atoms with E-state index < -0.39 is 11.6 Å². The fraction of sp³-hybridized carbons (Fsp3) is 0.238. The maximum Gasteiger partial charge on any atom is 0.341 e. The molecule has 2 N–H and O–H groups in total. The third-order valence-corrected chi connectivity index (χ3v) is 4.53. The van der Waals surface area contributed by atoms with Gasteiger partial charge in [0.05, 0.1) is 14.2 Å². The molecule has 0 aliphatic heterocycles. The van der Waals surface area contributed by atoms with Gasteiger partial charge in [0.25, 0.3) is 0 Å². The lowest BCUT2D eigenvalue weighted by Crippen LogP contribution is -2.15. The summed E-state index contributed by atoms with van der Waals surface area (Å²) in [5.74, 6) is 0.0486.